The van der Waals surface area contributed by atoms with Crippen molar-refractivity contribution < 1.29 is 9.52 Å². The van der Waals surface area contributed by atoms with Gasteiger partial charge in [-0.2, -0.15) is 0 Å². The van der Waals surface area contributed by atoms with E-state index >= 15 is 0 Å². The Morgan fingerprint density at radius 1 is 1.15 bits per heavy atom. The van der Waals surface area contributed by atoms with Crippen LogP contribution in [0.2, 0.25) is 0 Å². The molecule has 0 bridgehead atoms. The lowest BCUT2D eigenvalue weighted by Crippen LogP contribution is -2.08. The maximum absolute atomic E-state index is 10.7. The van der Waals surface area contributed by atoms with Gasteiger partial charge in [-0.05, 0) is 31.5 Å². The summed E-state index contributed by atoms with van der Waals surface area (Å²) in [4.78, 5) is 4.07. The van der Waals surface area contributed by atoms with Crippen LogP contribution in [0.1, 0.15) is 28.6 Å². The van der Waals surface area contributed by atoms with Gasteiger partial charge in [0.1, 0.15) is 23.3 Å². The summed E-state index contributed by atoms with van der Waals surface area (Å²) < 4.78 is 5.70. The zero-order valence-corrected chi connectivity index (χ0v) is 11.4. The summed E-state index contributed by atoms with van der Waals surface area (Å²) in [5.74, 6) is 1.04. The molecule has 4 nitrogen and oxygen atoms in total. The average Bonchev–Trinajstić information content (AvgIpc) is 2.74. The number of aliphatic hydroxyl groups excluding tert-OH is 1. The van der Waals surface area contributed by atoms with Crippen LogP contribution in [0, 0.1) is 13.8 Å². The van der Waals surface area contributed by atoms with Crippen molar-refractivity contribution in [1.29, 1.82) is 0 Å². The Morgan fingerprint density at radius 3 is 2.65 bits per heavy atom. The quantitative estimate of drug-likeness (QED) is 0.749. The van der Waals surface area contributed by atoms with E-state index < -0.39 is 6.10 Å². The molecule has 0 radical (unpaired) electrons. The maximum Gasteiger partial charge on any atom is 0.134 e. The van der Waals surface area contributed by atoms with Gasteiger partial charge in [0.05, 0.1) is 0 Å². The van der Waals surface area contributed by atoms with Gasteiger partial charge in [0.25, 0.3) is 0 Å². The Balaban J connectivity index is 2.23. The van der Waals surface area contributed by atoms with Crippen molar-refractivity contribution in [2.75, 3.05) is 5.73 Å². The van der Waals surface area contributed by atoms with Crippen LogP contribution >= 0.6 is 0 Å². The molecule has 0 fully saturated rings. The molecule has 0 aliphatic carbocycles. The van der Waals surface area contributed by atoms with Crippen LogP contribution in [0.25, 0.3) is 11.0 Å². The van der Waals surface area contributed by atoms with Crippen molar-refractivity contribution in [3.63, 3.8) is 0 Å². The van der Waals surface area contributed by atoms with Gasteiger partial charge < -0.3 is 15.3 Å². The summed E-state index contributed by atoms with van der Waals surface area (Å²) in [5, 5.41) is 11.6. The number of hydrogen-bond acceptors (Lipinski definition) is 4. The SMILES string of the molecule is Cc1ccnc(N)c1C(O)c1c(C)oc2ccccc12. The van der Waals surface area contributed by atoms with Gasteiger partial charge in [-0.3, -0.25) is 0 Å². The van der Waals surface area contributed by atoms with Gasteiger partial charge in [-0.25, -0.2) is 4.98 Å². The van der Waals surface area contributed by atoms with Crippen LogP contribution < -0.4 is 5.73 Å². The number of nitrogens with two attached hydrogens (primary N) is 1. The summed E-state index contributed by atoms with van der Waals surface area (Å²) in [6, 6.07) is 9.49. The second-order valence-corrected chi connectivity index (χ2v) is 4.90. The molecule has 0 saturated carbocycles. The predicted molar refractivity (Wildman–Crippen MR) is 78.4 cm³/mol. The molecule has 0 saturated heterocycles. The van der Waals surface area contributed by atoms with Gasteiger partial charge in [-0.1, -0.05) is 18.2 Å². The minimum atomic E-state index is -0.840. The average molecular weight is 268 g/mol. The number of nitrogens with zero attached hydrogens (tertiary/aromatic N) is 1. The Hall–Kier alpha value is -2.33. The third-order valence-corrected chi connectivity index (χ3v) is 3.61. The first kappa shape index (κ1) is 12.7. The first-order chi connectivity index (χ1) is 9.59. The van der Waals surface area contributed by atoms with Gasteiger partial charge in [0.2, 0.25) is 0 Å². The van der Waals surface area contributed by atoms with Crippen LogP contribution in [0.4, 0.5) is 5.82 Å². The number of aryl methyl sites for hydroxylation is 2. The van der Waals surface area contributed by atoms with E-state index in [9.17, 15) is 5.11 Å². The van der Waals surface area contributed by atoms with Gasteiger partial charge in [0, 0.05) is 22.7 Å². The standard InChI is InChI=1S/C16H16N2O2/c1-9-7-8-18-16(17)13(9)15(19)14-10(2)20-12-6-4-3-5-11(12)14/h3-8,15,19H,1-2H3,(H2,17,18). The lowest BCUT2D eigenvalue weighted by Gasteiger charge is -2.15. The van der Waals surface area contributed by atoms with Crippen LogP contribution in [-0.4, -0.2) is 10.1 Å². The number of fused-ring (bicyclic) bond motifs is 1. The number of hydrogen-bond donors (Lipinski definition) is 2. The summed E-state index contributed by atoms with van der Waals surface area (Å²) in [7, 11) is 0. The minimum Gasteiger partial charge on any atom is -0.461 e. The third-order valence-electron chi connectivity index (χ3n) is 3.61. The molecule has 0 aliphatic rings. The molecule has 2 aromatic heterocycles. The molecule has 20 heavy (non-hydrogen) atoms. The number of pyridine rings is 1. The topological polar surface area (TPSA) is 72.3 Å². The fraction of sp³-hybridized carbons (Fsp3) is 0.188. The van der Waals surface area contributed by atoms with E-state index in [-0.39, 0.29) is 0 Å². The summed E-state index contributed by atoms with van der Waals surface area (Å²) >= 11 is 0. The molecule has 3 rings (SSSR count). The molecule has 102 valence electrons. The van der Waals surface area contributed by atoms with Gasteiger partial charge >= 0.3 is 0 Å². The minimum absolute atomic E-state index is 0.349. The molecule has 1 atom stereocenters. The number of aromatic nitrogens is 1. The van der Waals surface area contributed by atoms with E-state index in [4.69, 9.17) is 10.2 Å². The lowest BCUT2D eigenvalue weighted by atomic mass is 9.96. The Bertz CT molecular complexity index is 757. The summed E-state index contributed by atoms with van der Waals surface area (Å²) in [5.41, 5.74) is 8.99. The number of aliphatic hydroxyl groups is 1. The fourth-order valence-electron chi connectivity index (χ4n) is 2.62. The lowest BCUT2D eigenvalue weighted by molar-refractivity contribution is 0.219. The number of rotatable bonds is 2. The molecular formula is C16H16N2O2. The molecule has 1 aromatic carbocycles. The van der Waals surface area contributed by atoms with Gasteiger partial charge in [0.15, 0.2) is 0 Å². The van der Waals surface area contributed by atoms with Crippen molar-refractivity contribution in [2.24, 2.45) is 0 Å². The van der Waals surface area contributed by atoms with Crippen LogP contribution in [0.15, 0.2) is 40.9 Å². The fourth-order valence-corrected chi connectivity index (χ4v) is 2.62. The first-order valence-electron chi connectivity index (χ1n) is 6.46. The van der Waals surface area contributed by atoms with Crippen molar-refractivity contribution in [3.05, 3.63) is 59.0 Å². The van der Waals surface area contributed by atoms with E-state index in [1.54, 1.807) is 6.20 Å². The van der Waals surface area contributed by atoms with Crippen LogP contribution in [0.5, 0.6) is 0 Å². The number of para-hydroxylation sites is 1. The number of benzene rings is 1. The largest absolute Gasteiger partial charge is 0.461 e. The highest BCUT2D eigenvalue weighted by molar-refractivity contribution is 5.83. The number of furan rings is 1. The summed E-state index contributed by atoms with van der Waals surface area (Å²) in [6.07, 6.45) is 0.800. The highest BCUT2D eigenvalue weighted by atomic mass is 16.3. The maximum atomic E-state index is 10.7. The zero-order valence-electron chi connectivity index (χ0n) is 11.4. The molecule has 1 unspecified atom stereocenters. The predicted octanol–water partition coefficient (Wildman–Crippen LogP) is 3.11. The Morgan fingerprint density at radius 2 is 1.90 bits per heavy atom. The number of nitrogen functional groups attached to an aromatic ring is 1. The van der Waals surface area contributed by atoms with Crippen molar-refractivity contribution in [2.45, 2.75) is 20.0 Å². The molecule has 2 heterocycles. The van der Waals surface area contributed by atoms with Crippen LogP contribution in [0.3, 0.4) is 0 Å². The van der Waals surface area contributed by atoms with Crippen molar-refractivity contribution in [1.82, 2.24) is 4.98 Å². The van der Waals surface area contributed by atoms with E-state index in [0.29, 0.717) is 17.1 Å². The van der Waals surface area contributed by atoms with Crippen LogP contribution in [-0.2, 0) is 0 Å². The van der Waals surface area contributed by atoms with E-state index in [0.717, 1.165) is 22.1 Å². The second kappa shape index (κ2) is 4.65. The normalized spacial score (nSPS) is 12.8. The molecule has 4 heteroatoms. The molecule has 0 spiro atoms. The zero-order chi connectivity index (χ0) is 14.3. The van der Waals surface area contributed by atoms with E-state index in [1.807, 2.05) is 44.2 Å². The van der Waals surface area contributed by atoms with Gasteiger partial charge in [-0.15, -0.1) is 0 Å². The highest BCUT2D eigenvalue weighted by Crippen LogP contribution is 2.36. The third kappa shape index (κ3) is 1.85. The second-order valence-electron chi connectivity index (χ2n) is 4.90. The highest BCUT2D eigenvalue weighted by Gasteiger charge is 2.23. The molecule has 3 aromatic rings. The smallest absolute Gasteiger partial charge is 0.134 e. The van der Waals surface area contributed by atoms with E-state index in [2.05, 4.69) is 4.98 Å². The first-order valence-corrected chi connectivity index (χ1v) is 6.46. The molecule has 0 amide bonds. The Labute approximate surface area is 116 Å². The van der Waals surface area contributed by atoms with E-state index in [1.165, 1.54) is 0 Å². The number of anilines is 1. The van der Waals surface area contributed by atoms with Crippen molar-refractivity contribution in [3.8, 4) is 0 Å². The summed E-state index contributed by atoms with van der Waals surface area (Å²) in [6.45, 7) is 3.76. The molecular weight excluding hydrogens is 252 g/mol. The van der Waals surface area contributed by atoms with Crippen molar-refractivity contribution >= 4 is 16.8 Å². The Kier molecular flexibility index (Phi) is 2.95. The molecule has 3 N–H and O–H groups in total. The molecule has 0 aliphatic heterocycles. The monoisotopic (exact) mass is 268 g/mol.